The Morgan fingerprint density at radius 3 is 2.74 bits per heavy atom. The highest BCUT2D eigenvalue weighted by Crippen LogP contribution is 2.35. The fourth-order valence-electron chi connectivity index (χ4n) is 2.33. The third-order valence-corrected chi connectivity index (χ3v) is 3.33. The van der Waals surface area contributed by atoms with Crippen LogP contribution in [0.2, 0.25) is 5.22 Å². The zero-order chi connectivity index (χ0) is 13.6. The molecule has 3 rings (SSSR count). The summed E-state index contributed by atoms with van der Waals surface area (Å²) in [6.45, 7) is 4.06. The van der Waals surface area contributed by atoms with Crippen molar-refractivity contribution < 1.29 is 13.9 Å². The molecule has 2 aromatic rings. The van der Waals surface area contributed by atoms with E-state index in [1.807, 2.05) is 26.0 Å². The van der Waals surface area contributed by atoms with Gasteiger partial charge in [0.25, 0.3) is 0 Å². The molecule has 0 bridgehead atoms. The van der Waals surface area contributed by atoms with Crippen LogP contribution in [0.5, 0.6) is 5.75 Å². The first-order chi connectivity index (χ1) is 8.94. The average Bonchev–Trinajstić information content (AvgIpc) is 2.88. The molecule has 0 fully saturated rings. The van der Waals surface area contributed by atoms with Crippen molar-refractivity contribution in [3.8, 4) is 5.75 Å². The van der Waals surface area contributed by atoms with Gasteiger partial charge in [-0.3, -0.25) is 4.79 Å². The number of carbonyl (C=O) groups is 1. The van der Waals surface area contributed by atoms with Gasteiger partial charge in [0.2, 0.25) is 5.78 Å². The van der Waals surface area contributed by atoms with Crippen LogP contribution in [-0.2, 0) is 6.42 Å². The highest BCUT2D eigenvalue weighted by molar-refractivity contribution is 6.29. The van der Waals surface area contributed by atoms with Crippen LogP contribution in [0.15, 0.2) is 34.7 Å². The minimum Gasteiger partial charge on any atom is -0.487 e. The molecule has 98 valence electrons. The average molecular weight is 277 g/mol. The SMILES string of the molecule is CC1(C)Cc2cc(C(=O)c3ccc(Cl)o3)ccc2O1. The lowest BCUT2D eigenvalue weighted by Gasteiger charge is -2.16. The highest BCUT2D eigenvalue weighted by Gasteiger charge is 2.30. The Morgan fingerprint density at radius 2 is 2.05 bits per heavy atom. The van der Waals surface area contributed by atoms with E-state index in [9.17, 15) is 4.79 Å². The minimum atomic E-state index is -0.210. The molecule has 1 aromatic carbocycles. The normalized spacial score (nSPS) is 15.9. The number of furan rings is 1. The van der Waals surface area contributed by atoms with Crippen LogP contribution in [0, 0.1) is 0 Å². The van der Waals surface area contributed by atoms with Gasteiger partial charge in [-0.05, 0) is 61.3 Å². The van der Waals surface area contributed by atoms with Gasteiger partial charge in [0.1, 0.15) is 11.4 Å². The maximum atomic E-state index is 12.2. The van der Waals surface area contributed by atoms with E-state index in [1.165, 1.54) is 0 Å². The van der Waals surface area contributed by atoms with E-state index in [1.54, 1.807) is 18.2 Å². The van der Waals surface area contributed by atoms with Crippen molar-refractivity contribution in [2.24, 2.45) is 0 Å². The molecule has 3 nitrogen and oxygen atoms in total. The van der Waals surface area contributed by atoms with Gasteiger partial charge >= 0.3 is 0 Å². The Kier molecular flexibility index (Phi) is 2.68. The molecule has 0 aliphatic carbocycles. The summed E-state index contributed by atoms with van der Waals surface area (Å²) in [5, 5.41) is 0.217. The predicted octanol–water partition coefficient (Wildman–Crippen LogP) is 3.88. The summed E-state index contributed by atoms with van der Waals surface area (Å²) in [7, 11) is 0. The number of halogens is 1. The smallest absolute Gasteiger partial charge is 0.228 e. The summed E-state index contributed by atoms with van der Waals surface area (Å²) >= 11 is 5.68. The summed E-state index contributed by atoms with van der Waals surface area (Å²) in [6, 6.07) is 8.59. The second-order valence-corrected chi connectivity index (χ2v) is 5.67. The number of benzene rings is 1. The van der Waals surface area contributed by atoms with E-state index in [2.05, 4.69) is 0 Å². The van der Waals surface area contributed by atoms with Crippen LogP contribution in [0.1, 0.15) is 35.5 Å². The molecule has 0 amide bonds. The monoisotopic (exact) mass is 276 g/mol. The van der Waals surface area contributed by atoms with Crippen LogP contribution >= 0.6 is 11.6 Å². The third kappa shape index (κ3) is 2.26. The number of hydrogen-bond acceptors (Lipinski definition) is 3. The number of fused-ring (bicyclic) bond motifs is 1. The van der Waals surface area contributed by atoms with Gasteiger partial charge in [-0.25, -0.2) is 0 Å². The summed E-state index contributed by atoms with van der Waals surface area (Å²) in [4.78, 5) is 12.2. The molecular weight excluding hydrogens is 264 g/mol. The minimum absolute atomic E-state index is 0.167. The lowest BCUT2D eigenvalue weighted by molar-refractivity contribution is 0.101. The van der Waals surface area contributed by atoms with Crippen molar-refractivity contribution in [3.63, 3.8) is 0 Å². The number of carbonyl (C=O) groups excluding carboxylic acids is 1. The van der Waals surface area contributed by atoms with Crippen molar-refractivity contribution >= 4 is 17.4 Å². The van der Waals surface area contributed by atoms with E-state index in [0.29, 0.717) is 5.56 Å². The fraction of sp³-hybridized carbons (Fsp3) is 0.267. The molecule has 1 aromatic heterocycles. The Labute approximate surface area is 116 Å². The van der Waals surface area contributed by atoms with Crippen molar-refractivity contribution in [3.05, 3.63) is 52.4 Å². The Hall–Kier alpha value is -1.74. The molecule has 0 atom stereocenters. The van der Waals surface area contributed by atoms with Crippen LogP contribution in [0.4, 0.5) is 0 Å². The highest BCUT2D eigenvalue weighted by atomic mass is 35.5. The van der Waals surface area contributed by atoms with Crippen molar-refractivity contribution in [2.75, 3.05) is 0 Å². The topological polar surface area (TPSA) is 39.4 Å². The summed E-state index contributed by atoms with van der Waals surface area (Å²) in [5.41, 5.74) is 1.43. The molecular formula is C15H13ClO3. The van der Waals surface area contributed by atoms with Gasteiger partial charge in [-0.2, -0.15) is 0 Å². The van der Waals surface area contributed by atoms with Gasteiger partial charge in [0.05, 0.1) is 0 Å². The Balaban J connectivity index is 1.94. The second kappa shape index (κ2) is 4.14. The molecule has 0 radical (unpaired) electrons. The maximum Gasteiger partial charge on any atom is 0.228 e. The lowest BCUT2D eigenvalue weighted by atomic mass is 9.99. The summed E-state index contributed by atoms with van der Waals surface area (Å²) < 4.78 is 10.9. The van der Waals surface area contributed by atoms with Gasteiger partial charge in [-0.15, -0.1) is 0 Å². The lowest BCUT2D eigenvalue weighted by Crippen LogP contribution is -2.24. The van der Waals surface area contributed by atoms with Crippen molar-refractivity contribution in [1.29, 1.82) is 0 Å². The first-order valence-electron chi connectivity index (χ1n) is 6.07. The standard InChI is InChI=1S/C15H13ClO3/c1-15(2)8-10-7-9(3-4-11(10)19-15)14(17)12-5-6-13(16)18-12/h3-7H,8H2,1-2H3. The molecule has 1 aliphatic heterocycles. The van der Waals surface area contributed by atoms with Gasteiger partial charge in [-0.1, -0.05) is 0 Å². The van der Waals surface area contributed by atoms with Crippen LogP contribution in [0.3, 0.4) is 0 Å². The van der Waals surface area contributed by atoms with Crippen molar-refractivity contribution in [2.45, 2.75) is 25.9 Å². The molecule has 0 spiro atoms. The molecule has 0 saturated carbocycles. The Bertz CT molecular complexity index is 655. The predicted molar refractivity (Wildman–Crippen MR) is 72.0 cm³/mol. The number of rotatable bonds is 2. The van der Waals surface area contributed by atoms with Gasteiger partial charge in [0.15, 0.2) is 11.0 Å². The molecule has 0 unspecified atom stereocenters. The van der Waals surface area contributed by atoms with E-state index >= 15 is 0 Å². The van der Waals surface area contributed by atoms with E-state index < -0.39 is 0 Å². The molecule has 1 aliphatic rings. The molecule has 0 saturated heterocycles. The third-order valence-electron chi connectivity index (χ3n) is 3.12. The number of ketones is 1. The van der Waals surface area contributed by atoms with E-state index in [4.69, 9.17) is 20.8 Å². The van der Waals surface area contributed by atoms with Crippen molar-refractivity contribution in [1.82, 2.24) is 0 Å². The summed E-state index contributed by atoms with van der Waals surface area (Å²) in [5.74, 6) is 0.932. The quantitative estimate of drug-likeness (QED) is 0.782. The maximum absolute atomic E-state index is 12.2. The van der Waals surface area contributed by atoms with E-state index in [-0.39, 0.29) is 22.4 Å². The second-order valence-electron chi connectivity index (χ2n) is 5.29. The summed E-state index contributed by atoms with van der Waals surface area (Å²) in [6.07, 6.45) is 0.794. The molecule has 2 heterocycles. The zero-order valence-corrected chi connectivity index (χ0v) is 11.5. The molecule has 4 heteroatoms. The zero-order valence-electron chi connectivity index (χ0n) is 10.7. The molecule has 19 heavy (non-hydrogen) atoms. The number of hydrogen-bond donors (Lipinski definition) is 0. The van der Waals surface area contributed by atoms with Gasteiger partial charge < -0.3 is 9.15 Å². The fourth-order valence-corrected chi connectivity index (χ4v) is 2.48. The van der Waals surface area contributed by atoms with Crippen LogP contribution in [0.25, 0.3) is 0 Å². The van der Waals surface area contributed by atoms with Crippen LogP contribution in [-0.4, -0.2) is 11.4 Å². The Morgan fingerprint density at radius 1 is 1.26 bits per heavy atom. The molecule has 0 N–H and O–H groups in total. The first-order valence-corrected chi connectivity index (χ1v) is 6.44. The first kappa shape index (κ1) is 12.3. The van der Waals surface area contributed by atoms with E-state index in [0.717, 1.165) is 17.7 Å². The van der Waals surface area contributed by atoms with Gasteiger partial charge in [0, 0.05) is 12.0 Å². The number of ether oxygens (including phenoxy) is 1. The largest absolute Gasteiger partial charge is 0.487 e. The van der Waals surface area contributed by atoms with Crippen LogP contribution < -0.4 is 4.74 Å².